The first-order chi connectivity index (χ1) is 18.4. The van der Waals surface area contributed by atoms with Crippen LogP contribution in [-0.2, 0) is 11.8 Å². The molecular formula is C25H30N10O3. The number of methoxy groups -OCH3 is 1. The minimum absolute atomic E-state index is 0.0691. The first-order valence-corrected chi connectivity index (χ1v) is 12.2. The van der Waals surface area contributed by atoms with Crippen molar-refractivity contribution in [2.24, 2.45) is 13.0 Å². The highest BCUT2D eigenvalue weighted by atomic mass is 16.5. The quantitative estimate of drug-likeness (QED) is 0.393. The van der Waals surface area contributed by atoms with Crippen molar-refractivity contribution in [3.63, 3.8) is 0 Å². The Morgan fingerprint density at radius 3 is 2.71 bits per heavy atom. The van der Waals surface area contributed by atoms with Crippen LogP contribution in [0.2, 0.25) is 0 Å². The van der Waals surface area contributed by atoms with Crippen molar-refractivity contribution in [3.05, 3.63) is 42.0 Å². The molecule has 0 saturated carbocycles. The van der Waals surface area contributed by atoms with E-state index in [-0.39, 0.29) is 23.9 Å². The Morgan fingerprint density at radius 2 is 2.05 bits per heavy atom. The van der Waals surface area contributed by atoms with Gasteiger partial charge in [0.05, 0.1) is 25.2 Å². The lowest BCUT2D eigenvalue weighted by Gasteiger charge is -2.32. The molecule has 0 aromatic carbocycles. The predicted molar refractivity (Wildman–Crippen MR) is 138 cm³/mol. The van der Waals surface area contributed by atoms with E-state index in [1.807, 2.05) is 41.8 Å². The molecule has 1 saturated heterocycles. The van der Waals surface area contributed by atoms with Crippen LogP contribution in [0, 0.1) is 23.8 Å². The van der Waals surface area contributed by atoms with Gasteiger partial charge < -0.3 is 29.4 Å². The first kappa shape index (κ1) is 26.6. The normalized spacial score (nSPS) is 15.3. The lowest BCUT2D eigenvalue weighted by atomic mass is 9.98. The Labute approximate surface area is 221 Å². The standard InChI is InChI=1S/C25H30N10O3/c1-16(13-36-4)38-25-32-23(19(10-26)28-2)31-24(33-25)35-7-5-17(6-8-35)14-37-21-9-18(11-29-22(21)27)20-12-34(3)15-30-20/h9,11-12,15-17,19H,5-8,13-14H2,1,3-4H3,(H2,27,29)/t16-,19?/m1/s1. The molecule has 4 rings (SSSR count). The van der Waals surface area contributed by atoms with Gasteiger partial charge in [-0.15, -0.1) is 0 Å². The molecule has 0 bridgehead atoms. The van der Waals surface area contributed by atoms with Crippen LogP contribution in [0.15, 0.2) is 24.8 Å². The van der Waals surface area contributed by atoms with E-state index in [1.165, 1.54) is 0 Å². The van der Waals surface area contributed by atoms with Crippen molar-refractivity contribution in [1.82, 2.24) is 29.5 Å². The number of rotatable bonds is 10. The fourth-order valence-corrected chi connectivity index (χ4v) is 4.05. The van der Waals surface area contributed by atoms with Crippen molar-refractivity contribution in [2.45, 2.75) is 31.9 Å². The summed E-state index contributed by atoms with van der Waals surface area (Å²) in [6, 6.07) is 2.72. The van der Waals surface area contributed by atoms with E-state index in [9.17, 15) is 5.26 Å². The summed E-state index contributed by atoms with van der Waals surface area (Å²) in [5.41, 5.74) is 7.69. The summed E-state index contributed by atoms with van der Waals surface area (Å²) in [6.45, 7) is 11.3. The molecule has 1 aliphatic heterocycles. The van der Waals surface area contributed by atoms with Crippen LogP contribution < -0.4 is 20.1 Å². The third-order valence-electron chi connectivity index (χ3n) is 6.08. The monoisotopic (exact) mass is 518 g/mol. The van der Waals surface area contributed by atoms with Crippen LogP contribution in [0.25, 0.3) is 16.1 Å². The Kier molecular flexibility index (Phi) is 8.51. The Bertz CT molecular complexity index is 1310. The summed E-state index contributed by atoms with van der Waals surface area (Å²) in [4.78, 5) is 27.0. The van der Waals surface area contributed by atoms with Gasteiger partial charge in [-0.3, -0.25) is 4.85 Å². The van der Waals surface area contributed by atoms with Gasteiger partial charge in [-0.25, -0.2) is 16.5 Å². The number of nitrogens with zero attached hydrogens (tertiary/aromatic N) is 9. The van der Waals surface area contributed by atoms with Gasteiger partial charge in [-0.2, -0.15) is 20.2 Å². The predicted octanol–water partition coefficient (Wildman–Crippen LogP) is 2.44. The molecule has 4 heterocycles. The lowest BCUT2D eigenvalue weighted by molar-refractivity contribution is 0.0851. The zero-order valence-corrected chi connectivity index (χ0v) is 21.6. The summed E-state index contributed by atoms with van der Waals surface area (Å²) in [5.74, 6) is 1.62. The number of pyridine rings is 1. The number of nitrogen functional groups attached to an aromatic ring is 1. The van der Waals surface area contributed by atoms with Gasteiger partial charge in [-0.1, -0.05) is 0 Å². The van der Waals surface area contributed by atoms with Gasteiger partial charge >= 0.3 is 12.1 Å². The van der Waals surface area contributed by atoms with Gasteiger partial charge in [0.2, 0.25) is 11.8 Å². The molecule has 1 unspecified atom stereocenters. The average Bonchev–Trinajstić information content (AvgIpc) is 3.35. The summed E-state index contributed by atoms with van der Waals surface area (Å²) >= 11 is 0. The number of piperidine rings is 1. The van der Waals surface area contributed by atoms with Crippen LogP contribution in [0.1, 0.15) is 31.6 Å². The van der Waals surface area contributed by atoms with E-state index < -0.39 is 6.04 Å². The van der Waals surface area contributed by atoms with E-state index in [4.69, 9.17) is 26.5 Å². The fourth-order valence-electron chi connectivity index (χ4n) is 4.05. The summed E-state index contributed by atoms with van der Waals surface area (Å²) in [7, 11) is 3.48. The van der Waals surface area contributed by atoms with E-state index >= 15 is 0 Å². The first-order valence-electron chi connectivity index (χ1n) is 12.2. The van der Waals surface area contributed by atoms with E-state index in [1.54, 1.807) is 19.6 Å². The molecule has 13 nitrogen and oxygen atoms in total. The van der Waals surface area contributed by atoms with Crippen molar-refractivity contribution in [2.75, 3.05) is 44.0 Å². The zero-order valence-electron chi connectivity index (χ0n) is 21.6. The molecule has 198 valence electrons. The maximum Gasteiger partial charge on any atom is 0.365 e. The highest BCUT2D eigenvalue weighted by Crippen LogP contribution is 2.29. The average molecular weight is 519 g/mol. The van der Waals surface area contributed by atoms with E-state index in [0.29, 0.717) is 43.8 Å². The molecule has 13 heteroatoms. The molecule has 3 aromatic heterocycles. The van der Waals surface area contributed by atoms with Crippen molar-refractivity contribution in [1.29, 1.82) is 5.26 Å². The largest absolute Gasteiger partial charge is 0.489 e. The number of ether oxygens (including phenoxy) is 3. The van der Waals surface area contributed by atoms with Gasteiger partial charge in [0.25, 0.3) is 0 Å². The van der Waals surface area contributed by atoms with E-state index in [0.717, 1.165) is 24.1 Å². The molecule has 2 N–H and O–H groups in total. The van der Waals surface area contributed by atoms with Crippen molar-refractivity contribution < 1.29 is 14.2 Å². The van der Waals surface area contributed by atoms with Crippen LogP contribution in [-0.4, -0.2) is 69.0 Å². The number of imidazole rings is 1. The summed E-state index contributed by atoms with van der Waals surface area (Å²) in [5, 5.41) is 9.36. The second-order valence-corrected chi connectivity index (χ2v) is 9.09. The Hall–Kier alpha value is -4.49. The maximum absolute atomic E-state index is 9.36. The van der Waals surface area contributed by atoms with Gasteiger partial charge in [0.15, 0.2) is 17.6 Å². The second-order valence-electron chi connectivity index (χ2n) is 9.09. The smallest absolute Gasteiger partial charge is 0.365 e. The van der Waals surface area contributed by atoms with Crippen LogP contribution >= 0.6 is 0 Å². The number of hydrogen-bond donors (Lipinski definition) is 1. The van der Waals surface area contributed by atoms with E-state index in [2.05, 4.69) is 29.8 Å². The van der Waals surface area contributed by atoms with Gasteiger partial charge in [0, 0.05) is 45.2 Å². The molecule has 1 aliphatic rings. The third-order valence-corrected chi connectivity index (χ3v) is 6.08. The molecule has 0 radical (unpaired) electrons. The lowest BCUT2D eigenvalue weighted by Crippen LogP contribution is -2.37. The number of nitriles is 1. The Morgan fingerprint density at radius 1 is 1.26 bits per heavy atom. The molecule has 38 heavy (non-hydrogen) atoms. The van der Waals surface area contributed by atoms with Crippen molar-refractivity contribution >= 4 is 11.8 Å². The molecule has 0 amide bonds. The Balaban J connectivity index is 1.40. The minimum Gasteiger partial charge on any atom is -0.489 e. The van der Waals surface area contributed by atoms with Crippen LogP contribution in [0.5, 0.6) is 11.8 Å². The summed E-state index contributed by atoms with van der Waals surface area (Å²) < 4.78 is 18.8. The minimum atomic E-state index is -1.14. The fraction of sp³-hybridized carbons (Fsp3) is 0.480. The SMILES string of the molecule is [C-]#[N+]C(C#N)c1nc(O[C@H](C)COC)nc(N2CCC(COc3cc(-c4cn(C)cn4)cnc3N)CC2)n1. The number of anilines is 2. The number of aryl methyl sites for hydroxylation is 1. The number of nitrogens with two attached hydrogens (primary N) is 1. The van der Waals surface area contributed by atoms with Crippen molar-refractivity contribution in [3.8, 4) is 29.1 Å². The second kappa shape index (κ2) is 12.2. The molecular weight excluding hydrogens is 488 g/mol. The highest BCUT2D eigenvalue weighted by molar-refractivity contribution is 5.63. The maximum atomic E-state index is 9.36. The zero-order chi connectivity index (χ0) is 27.1. The van der Waals surface area contributed by atoms with Crippen LogP contribution in [0.4, 0.5) is 11.8 Å². The molecule has 1 fully saturated rings. The summed E-state index contributed by atoms with van der Waals surface area (Å²) in [6.07, 6.45) is 6.67. The molecule has 0 spiro atoms. The van der Waals surface area contributed by atoms with Crippen LogP contribution in [0.3, 0.4) is 0 Å². The highest BCUT2D eigenvalue weighted by Gasteiger charge is 2.27. The number of hydrogen-bond acceptors (Lipinski definition) is 11. The molecule has 2 atom stereocenters. The third kappa shape index (κ3) is 6.44. The topological polar surface area (TPSA) is 154 Å². The van der Waals surface area contributed by atoms with Gasteiger partial charge in [-0.05, 0) is 31.7 Å². The molecule has 0 aliphatic carbocycles. The van der Waals surface area contributed by atoms with Gasteiger partial charge in [0.1, 0.15) is 6.10 Å². The number of aromatic nitrogens is 6. The molecule has 3 aromatic rings.